The Balaban J connectivity index is 0.000000406. The molecule has 1 unspecified atom stereocenters. The molecule has 1 atom stereocenters. The second kappa shape index (κ2) is 10.5. The molecule has 3 aromatic heterocycles. The van der Waals surface area contributed by atoms with Crippen LogP contribution < -0.4 is 5.32 Å². The lowest BCUT2D eigenvalue weighted by molar-refractivity contribution is -0.192. The van der Waals surface area contributed by atoms with Gasteiger partial charge in [0.05, 0.1) is 17.9 Å². The summed E-state index contributed by atoms with van der Waals surface area (Å²) in [7, 11) is 3.81. The first kappa shape index (κ1) is 25.0. The summed E-state index contributed by atoms with van der Waals surface area (Å²) in [5.74, 6) is -2.79. The van der Waals surface area contributed by atoms with Gasteiger partial charge in [-0.2, -0.15) is 23.4 Å². The van der Waals surface area contributed by atoms with Crippen molar-refractivity contribution < 1.29 is 27.9 Å². The van der Waals surface area contributed by atoms with E-state index in [9.17, 15) is 18.0 Å². The Morgan fingerprint density at radius 2 is 1.97 bits per heavy atom. The van der Waals surface area contributed by atoms with Gasteiger partial charge in [-0.3, -0.25) is 19.1 Å². The Morgan fingerprint density at radius 3 is 2.56 bits per heavy atom. The second-order valence-electron chi connectivity index (χ2n) is 7.96. The van der Waals surface area contributed by atoms with Crippen LogP contribution in [0.4, 0.5) is 13.2 Å². The molecule has 2 N–H and O–H groups in total. The molecular formula is C21H26F3N7O3. The van der Waals surface area contributed by atoms with Crippen LogP contribution in [0.1, 0.15) is 34.2 Å². The van der Waals surface area contributed by atoms with Crippen LogP contribution >= 0.6 is 0 Å². The van der Waals surface area contributed by atoms with Crippen LogP contribution in [0.2, 0.25) is 0 Å². The number of carbonyl (C=O) groups is 2. The molecule has 0 aromatic carbocycles. The zero-order valence-corrected chi connectivity index (χ0v) is 18.7. The number of carboxylic acids is 1. The largest absolute Gasteiger partial charge is 0.490 e. The van der Waals surface area contributed by atoms with Crippen LogP contribution in [-0.2, 0) is 32.0 Å². The number of aryl methyl sites for hydroxylation is 2. The van der Waals surface area contributed by atoms with Gasteiger partial charge < -0.3 is 15.0 Å². The number of aliphatic carboxylic acids is 1. The molecule has 1 aliphatic rings. The summed E-state index contributed by atoms with van der Waals surface area (Å²) in [6, 6.07) is 6.03. The lowest BCUT2D eigenvalue weighted by Gasteiger charge is -2.33. The highest BCUT2D eigenvalue weighted by atomic mass is 19.4. The minimum atomic E-state index is -5.08. The number of rotatable bonds is 6. The fourth-order valence-corrected chi connectivity index (χ4v) is 3.75. The van der Waals surface area contributed by atoms with Crippen LogP contribution in [0.5, 0.6) is 0 Å². The molecule has 3 aromatic rings. The van der Waals surface area contributed by atoms with E-state index in [2.05, 4.69) is 37.4 Å². The normalized spacial score (nSPS) is 15.9. The molecule has 0 aliphatic carbocycles. The average Bonchev–Trinajstić information content (AvgIpc) is 3.49. The van der Waals surface area contributed by atoms with Gasteiger partial charge in [-0.25, -0.2) is 4.79 Å². The van der Waals surface area contributed by atoms with Gasteiger partial charge in [-0.05, 0) is 24.6 Å². The number of carbonyl (C=O) groups excluding carboxylic acids is 1. The number of nitrogens with zero attached hydrogens (tertiary/aromatic N) is 6. The highest BCUT2D eigenvalue weighted by Crippen LogP contribution is 2.24. The molecule has 0 saturated heterocycles. The van der Waals surface area contributed by atoms with Gasteiger partial charge >= 0.3 is 12.1 Å². The van der Waals surface area contributed by atoms with Gasteiger partial charge in [-0.1, -0.05) is 0 Å². The fraction of sp³-hybridized carbons (Fsp3) is 0.429. The highest BCUT2D eigenvalue weighted by molar-refractivity contribution is 5.92. The first-order valence-corrected chi connectivity index (χ1v) is 10.5. The zero-order chi connectivity index (χ0) is 24.9. The van der Waals surface area contributed by atoms with Crippen molar-refractivity contribution in [2.24, 2.45) is 14.1 Å². The third kappa shape index (κ3) is 6.47. The number of amides is 1. The van der Waals surface area contributed by atoms with Gasteiger partial charge in [0.25, 0.3) is 5.91 Å². The highest BCUT2D eigenvalue weighted by Gasteiger charge is 2.38. The second-order valence-corrected chi connectivity index (χ2v) is 7.96. The van der Waals surface area contributed by atoms with Crippen molar-refractivity contribution in [1.82, 2.24) is 34.3 Å². The lowest BCUT2D eigenvalue weighted by atomic mass is 10.1. The molecule has 0 fully saturated rings. The molecular weight excluding hydrogens is 455 g/mol. The van der Waals surface area contributed by atoms with Crippen LogP contribution in [-0.4, -0.2) is 65.3 Å². The summed E-state index contributed by atoms with van der Waals surface area (Å²) < 4.78 is 37.5. The molecule has 1 amide bonds. The summed E-state index contributed by atoms with van der Waals surface area (Å²) in [6.45, 7) is 3.27. The van der Waals surface area contributed by atoms with E-state index in [1.165, 1.54) is 11.3 Å². The van der Waals surface area contributed by atoms with Gasteiger partial charge in [0.1, 0.15) is 5.69 Å². The van der Waals surface area contributed by atoms with E-state index in [1.54, 1.807) is 0 Å². The van der Waals surface area contributed by atoms with Crippen molar-refractivity contribution in [3.8, 4) is 0 Å². The van der Waals surface area contributed by atoms with Gasteiger partial charge in [-0.15, -0.1) is 0 Å². The Labute approximate surface area is 193 Å². The molecule has 184 valence electrons. The predicted molar refractivity (Wildman–Crippen MR) is 115 cm³/mol. The van der Waals surface area contributed by atoms with Gasteiger partial charge in [0.2, 0.25) is 0 Å². The molecule has 10 nitrogen and oxygen atoms in total. The maximum absolute atomic E-state index is 12.3. The monoisotopic (exact) mass is 481 g/mol. The summed E-state index contributed by atoms with van der Waals surface area (Å²) in [5, 5.41) is 18.9. The van der Waals surface area contributed by atoms with E-state index in [-0.39, 0.29) is 11.9 Å². The minimum Gasteiger partial charge on any atom is -0.475 e. The number of aromatic nitrogens is 5. The topological polar surface area (TPSA) is 110 Å². The number of alkyl halides is 3. The van der Waals surface area contributed by atoms with E-state index in [0.29, 0.717) is 12.2 Å². The first-order valence-electron chi connectivity index (χ1n) is 10.5. The molecule has 0 saturated carbocycles. The molecule has 13 heteroatoms. The Morgan fingerprint density at radius 1 is 1.24 bits per heavy atom. The maximum atomic E-state index is 12.3. The molecule has 0 spiro atoms. The minimum absolute atomic E-state index is 0.0359. The fourth-order valence-electron chi connectivity index (χ4n) is 3.75. The Kier molecular flexibility index (Phi) is 7.76. The number of carboxylic acid groups (broad SMARTS) is 1. The van der Waals surface area contributed by atoms with Crippen molar-refractivity contribution in [3.63, 3.8) is 0 Å². The van der Waals surface area contributed by atoms with Crippen LogP contribution in [0.3, 0.4) is 0 Å². The molecule has 0 radical (unpaired) electrons. The van der Waals surface area contributed by atoms with Crippen molar-refractivity contribution in [3.05, 3.63) is 59.9 Å². The Bertz CT molecular complexity index is 1120. The van der Waals surface area contributed by atoms with Gasteiger partial charge in [0, 0.05) is 64.4 Å². The van der Waals surface area contributed by atoms with E-state index in [0.717, 1.165) is 26.1 Å². The van der Waals surface area contributed by atoms with Crippen molar-refractivity contribution in [1.29, 1.82) is 0 Å². The number of fused-ring (bicyclic) bond motifs is 1. The third-order valence-electron chi connectivity index (χ3n) is 5.30. The summed E-state index contributed by atoms with van der Waals surface area (Å²) in [4.78, 5) is 23.6. The summed E-state index contributed by atoms with van der Waals surface area (Å²) >= 11 is 0. The molecule has 1 aliphatic heterocycles. The number of hydrogen-bond acceptors (Lipinski definition) is 5. The van der Waals surface area contributed by atoms with E-state index < -0.39 is 12.1 Å². The van der Waals surface area contributed by atoms with Crippen LogP contribution in [0.15, 0.2) is 43.0 Å². The Hall–Kier alpha value is -3.61. The number of halogens is 3. The summed E-state index contributed by atoms with van der Waals surface area (Å²) in [5.41, 5.74) is 3.10. The molecule has 4 heterocycles. The summed E-state index contributed by atoms with van der Waals surface area (Å²) in [6.07, 6.45) is 3.47. The smallest absolute Gasteiger partial charge is 0.475 e. The van der Waals surface area contributed by atoms with E-state index in [1.807, 2.05) is 54.1 Å². The molecule has 34 heavy (non-hydrogen) atoms. The zero-order valence-electron chi connectivity index (χ0n) is 18.7. The van der Waals surface area contributed by atoms with Gasteiger partial charge in [0.15, 0.2) is 0 Å². The predicted octanol–water partition coefficient (Wildman–Crippen LogP) is 1.97. The quantitative estimate of drug-likeness (QED) is 0.557. The first-order chi connectivity index (χ1) is 16.0. The van der Waals surface area contributed by atoms with Crippen LogP contribution in [0.25, 0.3) is 0 Å². The van der Waals surface area contributed by atoms with Crippen LogP contribution in [0, 0.1) is 0 Å². The van der Waals surface area contributed by atoms with E-state index >= 15 is 0 Å². The SMILES string of the molecule is Cn1cc(CN2Cc3ccnn3C(CCNC(=O)c3cccn3C)C2)cn1.O=C(O)C(F)(F)F. The maximum Gasteiger partial charge on any atom is 0.490 e. The number of nitrogens with one attached hydrogen (secondary N) is 1. The lowest BCUT2D eigenvalue weighted by Crippen LogP contribution is -2.39. The van der Waals surface area contributed by atoms with Crippen molar-refractivity contribution in [2.75, 3.05) is 13.1 Å². The third-order valence-corrected chi connectivity index (χ3v) is 5.30. The van der Waals surface area contributed by atoms with Crippen molar-refractivity contribution in [2.45, 2.75) is 31.7 Å². The van der Waals surface area contributed by atoms with Crippen molar-refractivity contribution >= 4 is 11.9 Å². The molecule has 0 bridgehead atoms. The standard InChI is InChI=1S/C19H25N7O.C2HF3O2/c1-23-9-3-4-18(23)19(27)20-7-5-16-13-25(12-15-10-22-24(2)11-15)14-17-6-8-21-26(16)17;3-2(4,5)1(6)7/h3-4,6,8-11,16H,5,7,12-14H2,1-2H3,(H,20,27);(H,6,7). The average molecular weight is 481 g/mol. The van der Waals surface area contributed by atoms with E-state index in [4.69, 9.17) is 9.90 Å². The number of hydrogen-bond donors (Lipinski definition) is 2. The molecule has 4 rings (SSSR count).